The van der Waals surface area contributed by atoms with E-state index in [1.807, 2.05) is 0 Å². The molecule has 1 aromatic rings. The molecule has 0 fully saturated rings. The minimum Gasteiger partial charge on any atom is -0.476 e. The lowest BCUT2D eigenvalue weighted by molar-refractivity contribution is -0.164. The Hall–Kier alpha value is -1.93. The van der Waals surface area contributed by atoms with Crippen molar-refractivity contribution in [2.24, 2.45) is 5.73 Å². The molecule has 1 heterocycles. The van der Waals surface area contributed by atoms with Gasteiger partial charge in [-0.2, -0.15) is 0 Å². The van der Waals surface area contributed by atoms with Crippen LogP contribution in [0, 0.1) is 0 Å². The lowest BCUT2D eigenvalue weighted by Gasteiger charge is -2.28. The molecule has 0 spiro atoms. The van der Waals surface area contributed by atoms with E-state index in [4.69, 9.17) is 24.7 Å². The average Bonchev–Trinajstić information content (AvgIpc) is 2.83. The molecule has 0 saturated heterocycles. The molecule has 0 aliphatic heterocycles. The van der Waals surface area contributed by atoms with Crippen molar-refractivity contribution in [1.82, 2.24) is 4.98 Å². The van der Waals surface area contributed by atoms with Crippen molar-refractivity contribution in [2.75, 3.05) is 13.7 Å². The van der Waals surface area contributed by atoms with Gasteiger partial charge in [-0.25, -0.2) is 14.6 Å². The van der Waals surface area contributed by atoms with Gasteiger partial charge >= 0.3 is 11.9 Å². The number of carboxylic acid groups (broad SMARTS) is 1. The molecule has 0 amide bonds. The SMILES string of the molecule is COCCC(N)(C(=O)OC(C)(C)C)c1nc(C(=O)O)co1. The van der Waals surface area contributed by atoms with Crippen LogP contribution < -0.4 is 5.73 Å². The number of hydrogen-bond acceptors (Lipinski definition) is 7. The van der Waals surface area contributed by atoms with Crippen LogP contribution in [0.5, 0.6) is 0 Å². The van der Waals surface area contributed by atoms with Gasteiger partial charge in [0.05, 0.1) is 0 Å². The van der Waals surface area contributed by atoms with E-state index < -0.39 is 23.1 Å². The number of nitrogens with two attached hydrogens (primary N) is 1. The van der Waals surface area contributed by atoms with Gasteiger partial charge in [-0.3, -0.25) is 0 Å². The van der Waals surface area contributed by atoms with Crippen molar-refractivity contribution in [3.05, 3.63) is 17.8 Å². The summed E-state index contributed by atoms with van der Waals surface area (Å²) < 4.78 is 15.2. The Balaban J connectivity index is 3.12. The molecule has 0 aromatic carbocycles. The zero-order chi connectivity index (χ0) is 16.3. The first kappa shape index (κ1) is 17.1. The topological polar surface area (TPSA) is 125 Å². The van der Waals surface area contributed by atoms with Gasteiger partial charge in [-0.05, 0) is 20.8 Å². The third-order valence-electron chi connectivity index (χ3n) is 2.57. The fraction of sp³-hybridized carbons (Fsp3) is 0.615. The summed E-state index contributed by atoms with van der Waals surface area (Å²) >= 11 is 0. The molecule has 0 bridgehead atoms. The molecule has 118 valence electrons. The molecule has 3 N–H and O–H groups in total. The zero-order valence-corrected chi connectivity index (χ0v) is 12.5. The number of rotatable bonds is 6. The van der Waals surface area contributed by atoms with E-state index in [0.717, 1.165) is 6.26 Å². The quantitative estimate of drug-likeness (QED) is 0.742. The third-order valence-corrected chi connectivity index (χ3v) is 2.57. The Morgan fingerprint density at radius 2 is 2.05 bits per heavy atom. The van der Waals surface area contributed by atoms with Crippen molar-refractivity contribution in [1.29, 1.82) is 0 Å². The van der Waals surface area contributed by atoms with Crippen LogP contribution in [-0.4, -0.2) is 41.3 Å². The molecule has 8 nitrogen and oxygen atoms in total. The lowest BCUT2D eigenvalue weighted by atomic mass is 9.96. The van der Waals surface area contributed by atoms with Gasteiger partial charge in [0.15, 0.2) is 11.2 Å². The van der Waals surface area contributed by atoms with E-state index in [1.54, 1.807) is 20.8 Å². The number of esters is 1. The summed E-state index contributed by atoms with van der Waals surface area (Å²) in [6.07, 6.45) is 0.967. The second-order valence-corrected chi connectivity index (χ2v) is 5.56. The molecule has 8 heteroatoms. The van der Waals surface area contributed by atoms with Gasteiger partial charge in [-0.15, -0.1) is 0 Å². The van der Waals surface area contributed by atoms with Crippen LogP contribution in [0.2, 0.25) is 0 Å². The molecule has 0 radical (unpaired) electrons. The van der Waals surface area contributed by atoms with Crippen LogP contribution in [0.25, 0.3) is 0 Å². The summed E-state index contributed by atoms with van der Waals surface area (Å²) in [6.45, 7) is 5.24. The maximum absolute atomic E-state index is 12.3. The molecular formula is C13H20N2O6. The van der Waals surface area contributed by atoms with Crippen LogP contribution >= 0.6 is 0 Å². The highest BCUT2D eigenvalue weighted by Crippen LogP contribution is 2.26. The first-order valence-electron chi connectivity index (χ1n) is 6.30. The Morgan fingerprint density at radius 3 is 2.48 bits per heavy atom. The van der Waals surface area contributed by atoms with Crippen molar-refractivity contribution < 1.29 is 28.6 Å². The van der Waals surface area contributed by atoms with Crippen molar-refractivity contribution in [3.8, 4) is 0 Å². The number of carbonyl (C=O) groups is 2. The van der Waals surface area contributed by atoms with Gasteiger partial charge in [-0.1, -0.05) is 0 Å². The summed E-state index contributed by atoms with van der Waals surface area (Å²) in [6, 6.07) is 0. The second kappa shape index (κ2) is 6.23. The maximum Gasteiger partial charge on any atom is 0.357 e. The number of carboxylic acids is 1. The normalized spacial score (nSPS) is 14.5. The summed E-state index contributed by atoms with van der Waals surface area (Å²) in [5, 5.41) is 8.86. The average molecular weight is 300 g/mol. The molecule has 21 heavy (non-hydrogen) atoms. The van der Waals surface area contributed by atoms with Gasteiger partial charge < -0.3 is 24.7 Å². The number of aromatic nitrogens is 1. The molecule has 0 saturated carbocycles. The van der Waals surface area contributed by atoms with Crippen molar-refractivity contribution >= 4 is 11.9 Å². The Kier molecular flexibility index (Phi) is 5.08. The second-order valence-electron chi connectivity index (χ2n) is 5.56. The van der Waals surface area contributed by atoms with Gasteiger partial charge in [0.2, 0.25) is 5.89 Å². The molecule has 1 atom stereocenters. The summed E-state index contributed by atoms with van der Waals surface area (Å²) in [5.41, 5.74) is 3.27. The number of nitrogens with zero attached hydrogens (tertiary/aromatic N) is 1. The van der Waals surface area contributed by atoms with Gasteiger partial charge in [0, 0.05) is 20.1 Å². The lowest BCUT2D eigenvalue weighted by Crippen LogP contribution is -2.49. The fourth-order valence-electron chi connectivity index (χ4n) is 1.51. The predicted molar refractivity (Wildman–Crippen MR) is 71.7 cm³/mol. The smallest absolute Gasteiger partial charge is 0.357 e. The van der Waals surface area contributed by atoms with Crippen LogP contribution in [0.3, 0.4) is 0 Å². The Bertz CT molecular complexity index is 519. The first-order valence-corrected chi connectivity index (χ1v) is 6.30. The van der Waals surface area contributed by atoms with Gasteiger partial charge in [0.1, 0.15) is 11.9 Å². The number of hydrogen-bond donors (Lipinski definition) is 2. The predicted octanol–water partition coefficient (Wildman–Crippen LogP) is 0.905. The van der Waals surface area contributed by atoms with E-state index >= 15 is 0 Å². The van der Waals surface area contributed by atoms with Crippen molar-refractivity contribution in [3.63, 3.8) is 0 Å². The minimum atomic E-state index is -1.71. The molecule has 0 aliphatic carbocycles. The summed E-state index contributed by atoms with van der Waals surface area (Å²) in [5.74, 6) is -2.25. The number of carbonyl (C=O) groups excluding carboxylic acids is 1. The van der Waals surface area contributed by atoms with Crippen LogP contribution in [0.4, 0.5) is 0 Å². The molecule has 1 aromatic heterocycles. The van der Waals surface area contributed by atoms with E-state index in [2.05, 4.69) is 4.98 Å². The number of aromatic carboxylic acids is 1. The van der Waals surface area contributed by atoms with Crippen LogP contribution in [-0.2, 0) is 19.8 Å². The largest absolute Gasteiger partial charge is 0.476 e. The highest BCUT2D eigenvalue weighted by atomic mass is 16.6. The monoisotopic (exact) mass is 300 g/mol. The Labute approximate surface area is 122 Å². The molecule has 0 aliphatic rings. The number of ether oxygens (including phenoxy) is 2. The van der Waals surface area contributed by atoms with Crippen molar-refractivity contribution in [2.45, 2.75) is 38.3 Å². The van der Waals surface area contributed by atoms with E-state index in [1.165, 1.54) is 7.11 Å². The van der Waals surface area contributed by atoms with Crippen LogP contribution in [0.15, 0.2) is 10.7 Å². The Morgan fingerprint density at radius 1 is 1.43 bits per heavy atom. The first-order chi connectivity index (χ1) is 9.60. The highest BCUT2D eigenvalue weighted by Gasteiger charge is 2.44. The fourth-order valence-corrected chi connectivity index (χ4v) is 1.51. The number of methoxy groups -OCH3 is 1. The van der Waals surface area contributed by atoms with E-state index in [9.17, 15) is 9.59 Å². The minimum absolute atomic E-state index is 0.0397. The van der Waals surface area contributed by atoms with E-state index in [0.29, 0.717) is 0 Å². The zero-order valence-electron chi connectivity index (χ0n) is 12.5. The maximum atomic E-state index is 12.3. The molecular weight excluding hydrogens is 280 g/mol. The summed E-state index contributed by atoms with van der Waals surface area (Å²) in [4.78, 5) is 26.9. The molecule has 1 unspecified atom stereocenters. The molecule has 1 rings (SSSR count). The van der Waals surface area contributed by atoms with Crippen LogP contribution in [0.1, 0.15) is 43.6 Å². The standard InChI is InChI=1S/C13H20N2O6/c1-12(2,3)21-11(18)13(14,5-6-19-4)10-15-8(7-20-10)9(16)17/h7H,5-6,14H2,1-4H3,(H,16,17). The van der Waals surface area contributed by atoms with Gasteiger partial charge in [0.25, 0.3) is 0 Å². The summed E-state index contributed by atoms with van der Waals surface area (Å²) in [7, 11) is 1.45. The third kappa shape index (κ3) is 4.27. The van der Waals surface area contributed by atoms with E-state index in [-0.39, 0.29) is 24.6 Å². The number of oxazole rings is 1. The highest BCUT2D eigenvalue weighted by molar-refractivity contribution is 5.86.